The molecule has 2 atom stereocenters. The van der Waals surface area contributed by atoms with Gasteiger partial charge in [-0.3, -0.25) is 0 Å². The largest absolute Gasteiger partial charge is 0.394 e. The molecular weight excluding hydrogens is 252 g/mol. The smallest absolute Gasteiger partial charge is 0.185 e. The first kappa shape index (κ1) is 14.9. The zero-order valence-electron chi connectivity index (χ0n) is 10.3. The Kier molecular flexibility index (Phi) is 5.07. The fraction of sp³-hybridized carbons (Fsp3) is 0.385. The molecule has 0 aliphatic rings. The van der Waals surface area contributed by atoms with Gasteiger partial charge in [0.05, 0.1) is 22.9 Å². The molecule has 0 bridgehead atoms. The first-order valence-electron chi connectivity index (χ1n) is 5.63. The maximum Gasteiger partial charge on any atom is 0.185 e. The molecule has 0 aliphatic carbocycles. The van der Waals surface area contributed by atoms with Crippen LogP contribution in [0.1, 0.15) is 13.3 Å². The Bertz CT molecular complexity index is 493. The first-order chi connectivity index (χ1) is 8.39. The van der Waals surface area contributed by atoms with Gasteiger partial charge in [-0.2, -0.15) is 0 Å². The fourth-order valence-electron chi connectivity index (χ4n) is 1.69. The number of aliphatic hydroxyl groups is 2. The highest BCUT2D eigenvalue weighted by atomic mass is 32.2. The van der Waals surface area contributed by atoms with Gasteiger partial charge in [-0.1, -0.05) is 30.4 Å². The molecule has 0 radical (unpaired) electrons. The maximum atomic E-state index is 12.4. The van der Waals surface area contributed by atoms with Gasteiger partial charge in [0.25, 0.3) is 0 Å². The molecule has 4 nitrogen and oxygen atoms in total. The van der Waals surface area contributed by atoms with Crippen molar-refractivity contribution in [2.75, 3.05) is 6.61 Å². The molecule has 1 aromatic carbocycles. The van der Waals surface area contributed by atoms with Gasteiger partial charge in [-0.25, -0.2) is 8.42 Å². The summed E-state index contributed by atoms with van der Waals surface area (Å²) in [5.74, 6) is 0. The zero-order chi connectivity index (χ0) is 13.8. The summed E-state index contributed by atoms with van der Waals surface area (Å²) in [4.78, 5) is 0.197. The highest BCUT2D eigenvalue weighted by Gasteiger charge is 2.29. The third kappa shape index (κ3) is 3.41. The van der Waals surface area contributed by atoms with E-state index in [-0.39, 0.29) is 11.3 Å². The second kappa shape index (κ2) is 6.13. The van der Waals surface area contributed by atoms with Gasteiger partial charge in [-0.05, 0) is 25.5 Å². The Labute approximate surface area is 108 Å². The molecule has 0 spiro atoms. The number of rotatable bonds is 6. The van der Waals surface area contributed by atoms with Crippen molar-refractivity contribution in [1.29, 1.82) is 0 Å². The highest BCUT2D eigenvalue weighted by Crippen LogP contribution is 2.24. The summed E-state index contributed by atoms with van der Waals surface area (Å²) in [5, 5.41) is 17.4. The van der Waals surface area contributed by atoms with Gasteiger partial charge in [0.15, 0.2) is 9.84 Å². The van der Waals surface area contributed by atoms with Crippen molar-refractivity contribution >= 4 is 9.84 Å². The van der Waals surface area contributed by atoms with Crippen LogP contribution in [0.3, 0.4) is 0 Å². The van der Waals surface area contributed by atoms with E-state index in [9.17, 15) is 13.5 Å². The summed E-state index contributed by atoms with van der Waals surface area (Å²) in [6.45, 7) is 4.80. The van der Waals surface area contributed by atoms with E-state index in [0.717, 1.165) is 0 Å². The molecule has 100 valence electrons. The molecule has 1 rings (SSSR count). The molecule has 0 amide bonds. The summed E-state index contributed by atoms with van der Waals surface area (Å²) < 4.78 is 24.7. The lowest BCUT2D eigenvalue weighted by molar-refractivity contribution is 0.0891. The van der Waals surface area contributed by atoms with E-state index in [4.69, 9.17) is 5.11 Å². The summed E-state index contributed by atoms with van der Waals surface area (Å²) in [6, 6.07) is 8.04. The van der Waals surface area contributed by atoms with E-state index in [1.165, 1.54) is 12.1 Å². The van der Waals surface area contributed by atoms with E-state index in [0.29, 0.717) is 5.57 Å². The topological polar surface area (TPSA) is 74.6 Å². The van der Waals surface area contributed by atoms with Crippen molar-refractivity contribution in [3.8, 4) is 0 Å². The number of hydrogen-bond acceptors (Lipinski definition) is 4. The van der Waals surface area contributed by atoms with E-state index in [2.05, 4.69) is 6.58 Å². The van der Waals surface area contributed by atoms with Crippen LogP contribution < -0.4 is 0 Å². The molecule has 0 heterocycles. The van der Waals surface area contributed by atoms with Gasteiger partial charge < -0.3 is 10.2 Å². The minimum atomic E-state index is -3.58. The van der Waals surface area contributed by atoms with Crippen LogP contribution in [0.2, 0.25) is 0 Å². The Morgan fingerprint density at radius 2 is 1.89 bits per heavy atom. The standard InChI is InChI=1S/C13H18O4S/c1-10(2)13(8-11(15)9-14)18(16,17)12-6-4-3-5-7-12/h3-7,11,13-15H,1,8-9H2,2H3/t11-,13?/m0/s1. The number of hydrogen-bond donors (Lipinski definition) is 2. The lowest BCUT2D eigenvalue weighted by Crippen LogP contribution is -2.29. The van der Waals surface area contributed by atoms with Crippen LogP contribution in [0.25, 0.3) is 0 Å². The summed E-state index contributed by atoms with van der Waals surface area (Å²) in [7, 11) is -3.58. The normalized spacial score (nSPS) is 15.1. The Morgan fingerprint density at radius 1 is 1.33 bits per heavy atom. The van der Waals surface area contributed by atoms with Crippen LogP contribution in [-0.4, -0.2) is 36.6 Å². The lowest BCUT2D eigenvalue weighted by atomic mass is 10.1. The number of benzene rings is 1. The van der Waals surface area contributed by atoms with Gasteiger partial charge in [-0.15, -0.1) is 0 Å². The van der Waals surface area contributed by atoms with Gasteiger partial charge in [0, 0.05) is 0 Å². The van der Waals surface area contributed by atoms with Gasteiger partial charge in [0.1, 0.15) is 0 Å². The summed E-state index contributed by atoms with van der Waals surface area (Å²) >= 11 is 0. The van der Waals surface area contributed by atoms with Crippen molar-refractivity contribution in [2.24, 2.45) is 0 Å². The monoisotopic (exact) mass is 270 g/mol. The van der Waals surface area contributed by atoms with E-state index in [1.807, 2.05) is 0 Å². The van der Waals surface area contributed by atoms with Crippen LogP contribution in [-0.2, 0) is 9.84 Å². The SMILES string of the molecule is C=C(C)C(C[C@H](O)CO)S(=O)(=O)c1ccccc1. The summed E-state index contributed by atoms with van der Waals surface area (Å²) in [5.41, 5.74) is 0.450. The van der Waals surface area contributed by atoms with E-state index >= 15 is 0 Å². The molecule has 0 fully saturated rings. The van der Waals surface area contributed by atoms with E-state index in [1.54, 1.807) is 25.1 Å². The second-order valence-electron chi connectivity index (χ2n) is 4.27. The second-order valence-corrected chi connectivity index (χ2v) is 6.40. The van der Waals surface area contributed by atoms with Crippen molar-refractivity contribution in [3.63, 3.8) is 0 Å². The Hall–Kier alpha value is -1.17. The quantitative estimate of drug-likeness (QED) is 0.760. The predicted molar refractivity (Wildman–Crippen MR) is 69.9 cm³/mol. The molecule has 18 heavy (non-hydrogen) atoms. The Balaban J connectivity index is 3.10. The van der Waals surface area contributed by atoms with Gasteiger partial charge in [0.2, 0.25) is 0 Å². The van der Waals surface area contributed by atoms with E-state index < -0.39 is 27.8 Å². The Morgan fingerprint density at radius 3 is 2.33 bits per heavy atom. The van der Waals surface area contributed by atoms with Crippen LogP contribution in [0.15, 0.2) is 47.4 Å². The maximum absolute atomic E-state index is 12.4. The molecule has 1 aromatic rings. The van der Waals surface area contributed by atoms with Crippen molar-refractivity contribution in [3.05, 3.63) is 42.5 Å². The molecule has 0 saturated carbocycles. The summed E-state index contributed by atoms with van der Waals surface area (Å²) in [6.07, 6.45) is -1.12. The average Bonchev–Trinajstić information content (AvgIpc) is 2.36. The van der Waals surface area contributed by atoms with Crippen molar-refractivity contribution < 1.29 is 18.6 Å². The number of sulfone groups is 1. The number of aliphatic hydroxyl groups excluding tert-OH is 2. The fourth-order valence-corrected chi connectivity index (χ4v) is 3.56. The minimum Gasteiger partial charge on any atom is -0.394 e. The van der Waals surface area contributed by atoms with Crippen LogP contribution in [0, 0.1) is 0 Å². The molecule has 0 saturated heterocycles. The molecule has 1 unspecified atom stereocenters. The van der Waals surface area contributed by atoms with Crippen LogP contribution in [0.5, 0.6) is 0 Å². The third-order valence-corrected chi connectivity index (χ3v) is 4.97. The first-order valence-corrected chi connectivity index (χ1v) is 7.17. The van der Waals surface area contributed by atoms with Crippen molar-refractivity contribution in [2.45, 2.75) is 29.6 Å². The predicted octanol–water partition coefficient (Wildman–Crippen LogP) is 1.15. The average molecular weight is 270 g/mol. The van der Waals surface area contributed by atoms with Crippen molar-refractivity contribution in [1.82, 2.24) is 0 Å². The third-order valence-electron chi connectivity index (χ3n) is 2.69. The zero-order valence-corrected chi connectivity index (χ0v) is 11.1. The van der Waals surface area contributed by atoms with Crippen LogP contribution >= 0.6 is 0 Å². The molecule has 0 aromatic heterocycles. The highest BCUT2D eigenvalue weighted by molar-refractivity contribution is 7.92. The molecule has 2 N–H and O–H groups in total. The minimum absolute atomic E-state index is 0.0525. The molecule has 0 aliphatic heterocycles. The van der Waals surface area contributed by atoms with Crippen LogP contribution in [0.4, 0.5) is 0 Å². The lowest BCUT2D eigenvalue weighted by Gasteiger charge is -2.20. The molecular formula is C13H18O4S. The van der Waals surface area contributed by atoms with Gasteiger partial charge >= 0.3 is 0 Å². The molecule has 5 heteroatoms.